The van der Waals surface area contributed by atoms with Crippen LogP contribution in [0.15, 0.2) is 23.3 Å². The number of thioether (sulfide) groups is 1. The molecule has 74 valence electrons. The van der Waals surface area contributed by atoms with Crippen LogP contribution in [0.4, 0.5) is 0 Å². The van der Waals surface area contributed by atoms with Gasteiger partial charge in [0.15, 0.2) is 0 Å². The third-order valence-electron chi connectivity index (χ3n) is 2.57. The van der Waals surface area contributed by atoms with Crippen molar-refractivity contribution in [3.63, 3.8) is 0 Å². The minimum Gasteiger partial charge on any atom is -0.158 e. The minimum absolute atomic E-state index is 1.20. The SMILES string of the molecule is CCC(C)=CCCC1=CCSCC1. The van der Waals surface area contributed by atoms with Crippen LogP contribution < -0.4 is 0 Å². The maximum atomic E-state index is 2.42. The molecule has 0 saturated carbocycles. The standard InChI is InChI=1S/C12H20S/c1-3-11(2)5-4-6-12-7-9-13-10-8-12/h5,7H,3-4,6,8-10H2,1-2H3. The molecule has 0 aromatic rings. The van der Waals surface area contributed by atoms with Crippen LogP contribution in [0.25, 0.3) is 0 Å². The van der Waals surface area contributed by atoms with E-state index in [0.717, 1.165) is 0 Å². The van der Waals surface area contributed by atoms with Crippen LogP contribution in [0.1, 0.15) is 39.5 Å². The maximum absolute atomic E-state index is 2.42. The summed E-state index contributed by atoms with van der Waals surface area (Å²) in [6.45, 7) is 4.45. The third kappa shape index (κ3) is 4.56. The van der Waals surface area contributed by atoms with Crippen LogP contribution in [0.5, 0.6) is 0 Å². The van der Waals surface area contributed by atoms with Crippen LogP contribution >= 0.6 is 11.8 Å². The average Bonchev–Trinajstić information content (AvgIpc) is 2.19. The summed E-state index contributed by atoms with van der Waals surface area (Å²) in [4.78, 5) is 0. The van der Waals surface area contributed by atoms with Gasteiger partial charge in [0, 0.05) is 5.75 Å². The van der Waals surface area contributed by atoms with Gasteiger partial charge in [0.2, 0.25) is 0 Å². The molecule has 0 bridgehead atoms. The van der Waals surface area contributed by atoms with Crippen molar-refractivity contribution in [3.8, 4) is 0 Å². The van der Waals surface area contributed by atoms with Crippen molar-refractivity contribution in [1.29, 1.82) is 0 Å². The quantitative estimate of drug-likeness (QED) is 0.608. The highest BCUT2D eigenvalue weighted by Gasteiger charge is 2.01. The second-order valence-electron chi connectivity index (χ2n) is 3.63. The Balaban J connectivity index is 2.22. The lowest BCUT2D eigenvalue weighted by Crippen LogP contribution is -1.95. The zero-order valence-corrected chi connectivity index (χ0v) is 9.62. The molecule has 0 fully saturated rings. The molecule has 0 saturated heterocycles. The molecule has 0 aromatic heterocycles. The average molecular weight is 196 g/mol. The molecular formula is C12H20S. The van der Waals surface area contributed by atoms with E-state index < -0.39 is 0 Å². The second-order valence-corrected chi connectivity index (χ2v) is 4.78. The van der Waals surface area contributed by atoms with Crippen molar-refractivity contribution in [2.45, 2.75) is 39.5 Å². The molecule has 1 aliphatic heterocycles. The molecular weight excluding hydrogens is 176 g/mol. The highest BCUT2D eigenvalue weighted by Crippen LogP contribution is 2.21. The van der Waals surface area contributed by atoms with E-state index in [2.05, 4.69) is 37.8 Å². The van der Waals surface area contributed by atoms with E-state index in [1.807, 2.05) is 0 Å². The summed E-state index contributed by atoms with van der Waals surface area (Å²) < 4.78 is 0. The summed E-state index contributed by atoms with van der Waals surface area (Å²) in [5, 5.41) is 0. The molecule has 0 N–H and O–H groups in total. The molecule has 0 nitrogen and oxygen atoms in total. The summed E-state index contributed by atoms with van der Waals surface area (Å²) in [6.07, 6.45) is 9.87. The molecule has 1 rings (SSSR count). The molecule has 0 atom stereocenters. The van der Waals surface area contributed by atoms with Gasteiger partial charge in [-0.25, -0.2) is 0 Å². The van der Waals surface area contributed by atoms with Crippen LogP contribution in [-0.2, 0) is 0 Å². The van der Waals surface area contributed by atoms with Gasteiger partial charge >= 0.3 is 0 Å². The molecule has 0 aliphatic carbocycles. The lowest BCUT2D eigenvalue weighted by molar-refractivity contribution is 0.892. The lowest BCUT2D eigenvalue weighted by Gasteiger charge is -2.11. The highest BCUT2D eigenvalue weighted by atomic mass is 32.2. The molecule has 13 heavy (non-hydrogen) atoms. The Hall–Kier alpha value is -0.170. The van der Waals surface area contributed by atoms with Gasteiger partial charge in [-0.3, -0.25) is 0 Å². The van der Waals surface area contributed by atoms with Crippen LogP contribution in [0.3, 0.4) is 0 Å². The minimum atomic E-state index is 1.20. The predicted molar refractivity (Wildman–Crippen MR) is 63.3 cm³/mol. The van der Waals surface area contributed by atoms with Crippen LogP contribution in [0, 0.1) is 0 Å². The Kier molecular flexibility index (Phi) is 5.29. The zero-order chi connectivity index (χ0) is 9.52. The van der Waals surface area contributed by atoms with Crippen molar-refractivity contribution in [3.05, 3.63) is 23.3 Å². The monoisotopic (exact) mass is 196 g/mol. The van der Waals surface area contributed by atoms with Gasteiger partial charge in [-0.1, -0.05) is 30.2 Å². The van der Waals surface area contributed by atoms with Crippen molar-refractivity contribution in [1.82, 2.24) is 0 Å². The van der Waals surface area contributed by atoms with E-state index in [1.54, 1.807) is 5.57 Å². The lowest BCUT2D eigenvalue weighted by atomic mass is 10.1. The smallest absolute Gasteiger partial charge is 0.0116 e. The van der Waals surface area contributed by atoms with Crippen LogP contribution in [-0.4, -0.2) is 11.5 Å². The van der Waals surface area contributed by atoms with Crippen molar-refractivity contribution < 1.29 is 0 Å². The number of allylic oxidation sites excluding steroid dienone is 3. The first kappa shape index (κ1) is 10.9. The fourth-order valence-corrected chi connectivity index (χ4v) is 2.37. The largest absolute Gasteiger partial charge is 0.158 e. The number of hydrogen-bond donors (Lipinski definition) is 0. The zero-order valence-electron chi connectivity index (χ0n) is 8.81. The third-order valence-corrected chi connectivity index (χ3v) is 3.47. The molecule has 0 amide bonds. The number of rotatable bonds is 4. The Morgan fingerprint density at radius 2 is 2.46 bits per heavy atom. The Morgan fingerprint density at radius 3 is 3.08 bits per heavy atom. The van der Waals surface area contributed by atoms with Gasteiger partial charge in [-0.05, 0) is 38.4 Å². The van der Waals surface area contributed by atoms with E-state index in [1.165, 1.54) is 42.8 Å². The molecule has 1 heterocycles. The summed E-state index contributed by atoms with van der Waals surface area (Å²) in [6, 6.07) is 0. The van der Waals surface area contributed by atoms with Gasteiger partial charge in [0.25, 0.3) is 0 Å². The summed E-state index contributed by atoms with van der Waals surface area (Å²) in [5.41, 5.74) is 3.21. The van der Waals surface area contributed by atoms with Gasteiger partial charge in [-0.15, -0.1) is 0 Å². The Morgan fingerprint density at radius 1 is 1.62 bits per heavy atom. The maximum Gasteiger partial charge on any atom is 0.0116 e. The molecule has 0 spiro atoms. The molecule has 0 radical (unpaired) electrons. The first-order valence-electron chi connectivity index (χ1n) is 5.24. The Bertz CT molecular complexity index is 201. The van der Waals surface area contributed by atoms with Gasteiger partial charge in [0.1, 0.15) is 0 Å². The van der Waals surface area contributed by atoms with E-state index in [0.29, 0.717) is 0 Å². The highest BCUT2D eigenvalue weighted by molar-refractivity contribution is 7.99. The Labute approximate surface area is 86.5 Å². The van der Waals surface area contributed by atoms with E-state index in [-0.39, 0.29) is 0 Å². The summed E-state index contributed by atoms with van der Waals surface area (Å²) >= 11 is 2.05. The van der Waals surface area contributed by atoms with Crippen molar-refractivity contribution in [2.75, 3.05) is 11.5 Å². The first-order chi connectivity index (χ1) is 6.33. The number of hydrogen-bond acceptors (Lipinski definition) is 1. The topological polar surface area (TPSA) is 0 Å². The van der Waals surface area contributed by atoms with Crippen molar-refractivity contribution in [2.24, 2.45) is 0 Å². The molecule has 0 aromatic carbocycles. The van der Waals surface area contributed by atoms with Gasteiger partial charge < -0.3 is 0 Å². The molecule has 1 aliphatic rings. The second kappa shape index (κ2) is 6.31. The van der Waals surface area contributed by atoms with Gasteiger partial charge in [-0.2, -0.15) is 11.8 Å². The van der Waals surface area contributed by atoms with E-state index in [9.17, 15) is 0 Å². The first-order valence-corrected chi connectivity index (χ1v) is 6.39. The predicted octanol–water partition coefficient (Wildman–Crippen LogP) is 4.19. The molecule has 0 unspecified atom stereocenters. The van der Waals surface area contributed by atoms with Gasteiger partial charge in [0.05, 0.1) is 0 Å². The fourth-order valence-electron chi connectivity index (χ4n) is 1.44. The normalized spacial score (nSPS) is 18.6. The van der Waals surface area contributed by atoms with E-state index >= 15 is 0 Å². The van der Waals surface area contributed by atoms with Crippen molar-refractivity contribution >= 4 is 11.8 Å². The summed E-state index contributed by atoms with van der Waals surface area (Å²) in [7, 11) is 0. The molecule has 1 heteroatoms. The van der Waals surface area contributed by atoms with E-state index in [4.69, 9.17) is 0 Å². The van der Waals surface area contributed by atoms with Crippen LogP contribution in [0.2, 0.25) is 0 Å². The fraction of sp³-hybridized carbons (Fsp3) is 0.667. The summed E-state index contributed by atoms with van der Waals surface area (Å²) in [5.74, 6) is 2.58.